The lowest BCUT2D eigenvalue weighted by Crippen LogP contribution is -1.98. The number of rotatable bonds is 4. The van der Waals surface area contributed by atoms with Gasteiger partial charge in [-0.3, -0.25) is 4.98 Å². The molecule has 2 heteroatoms. The molecule has 19 heavy (non-hydrogen) atoms. The van der Waals surface area contributed by atoms with E-state index >= 15 is 0 Å². The van der Waals surface area contributed by atoms with Crippen LogP contribution in [0.5, 0.6) is 0 Å². The molecule has 2 rings (SSSR count). The zero-order valence-electron chi connectivity index (χ0n) is 11.1. The summed E-state index contributed by atoms with van der Waals surface area (Å²) in [4.78, 5) is 4.20. The summed E-state index contributed by atoms with van der Waals surface area (Å²) >= 11 is 0. The van der Waals surface area contributed by atoms with Crippen LogP contribution in [0.4, 0.5) is 0 Å². The number of hydrogen-bond donors (Lipinski definition) is 1. The summed E-state index contributed by atoms with van der Waals surface area (Å²) < 4.78 is 0. The quantitative estimate of drug-likeness (QED) is 0.837. The lowest BCUT2D eigenvalue weighted by molar-refractivity contribution is 1.08. The van der Waals surface area contributed by atoms with E-state index in [1.807, 2.05) is 43.6 Å². The van der Waals surface area contributed by atoms with Crippen LogP contribution in [-0.4, -0.2) is 4.98 Å². The molecule has 1 aromatic heterocycles. The van der Waals surface area contributed by atoms with E-state index < -0.39 is 0 Å². The molecule has 0 unspecified atom stereocenters. The smallest absolute Gasteiger partial charge is 0.0349 e. The summed E-state index contributed by atoms with van der Waals surface area (Å²) in [6.07, 6.45) is 11.6. The Morgan fingerprint density at radius 2 is 2.16 bits per heavy atom. The van der Waals surface area contributed by atoms with E-state index in [9.17, 15) is 0 Å². The Kier molecular flexibility index (Phi) is 4.26. The van der Waals surface area contributed by atoms with Crippen LogP contribution in [-0.2, 0) is 6.54 Å². The fraction of sp³-hybridized carbons (Fsp3) is 0.118. The van der Waals surface area contributed by atoms with Gasteiger partial charge in [0.25, 0.3) is 0 Å². The normalized spacial score (nSPS) is 12.2. The molecule has 96 valence electrons. The molecule has 0 aliphatic heterocycles. The first-order chi connectivity index (χ1) is 9.31. The van der Waals surface area contributed by atoms with E-state index in [1.54, 1.807) is 0 Å². The third-order valence-electron chi connectivity index (χ3n) is 3.13. The molecule has 0 aliphatic rings. The van der Waals surface area contributed by atoms with Crippen molar-refractivity contribution in [2.24, 2.45) is 5.73 Å². The molecule has 0 amide bonds. The predicted molar refractivity (Wildman–Crippen MR) is 82.6 cm³/mol. The minimum Gasteiger partial charge on any atom is -0.326 e. The van der Waals surface area contributed by atoms with Crippen molar-refractivity contribution in [1.82, 2.24) is 4.98 Å². The van der Waals surface area contributed by atoms with Gasteiger partial charge >= 0.3 is 0 Å². The third kappa shape index (κ3) is 2.64. The molecule has 0 atom stereocenters. The molecule has 0 radical (unpaired) electrons. The average Bonchev–Trinajstić information content (AvgIpc) is 2.48. The number of hydrogen-bond acceptors (Lipinski definition) is 2. The molecule has 0 saturated heterocycles. The highest BCUT2D eigenvalue weighted by Crippen LogP contribution is 2.27. The lowest BCUT2D eigenvalue weighted by Gasteiger charge is -2.10. The summed E-state index contributed by atoms with van der Waals surface area (Å²) in [6.45, 7) is 6.41. The highest BCUT2D eigenvalue weighted by atomic mass is 14.6. The third-order valence-corrected chi connectivity index (χ3v) is 3.13. The first-order valence-corrected chi connectivity index (χ1v) is 6.33. The summed E-state index contributed by atoms with van der Waals surface area (Å²) in [5.74, 6) is 0. The Labute approximate surface area is 114 Å². The Bertz CT molecular complexity index is 651. The number of nitrogens with two attached hydrogens (primary N) is 1. The highest BCUT2D eigenvalue weighted by molar-refractivity contribution is 5.97. The molecule has 0 saturated carbocycles. The van der Waals surface area contributed by atoms with Crippen molar-refractivity contribution >= 4 is 16.3 Å². The number of fused-ring (bicyclic) bond motifs is 1. The first-order valence-electron chi connectivity index (χ1n) is 6.33. The van der Waals surface area contributed by atoms with Crippen molar-refractivity contribution in [3.8, 4) is 0 Å². The van der Waals surface area contributed by atoms with E-state index in [4.69, 9.17) is 5.73 Å². The van der Waals surface area contributed by atoms with Crippen LogP contribution in [0.1, 0.15) is 18.1 Å². The van der Waals surface area contributed by atoms with Crippen molar-refractivity contribution in [3.05, 3.63) is 72.6 Å². The van der Waals surface area contributed by atoms with Gasteiger partial charge in [-0.2, -0.15) is 0 Å². The van der Waals surface area contributed by atoms with E-state index in [1.165, 1.54) is 0 Å². The Balaban J connectivity index is 2.71. The summed E-state index contributed by atoms with van der Waals surface area (Å²) in [7, 11) is 0. The highest BCUT2D eigenvalue weighted by Gasteiger charge is 2.06. The number of pyridine rings is 1. The van der Waals surface area contributed by atoms with Gasteiger partial charge in [0.1, 0.15) is 0 Å². The van der Waals surface area contributed by atoms with Crippen molar-refractivity contribution < 1.29 is 0 Å². The molecule has 0 spiro atoms. The molecule has 1 heterocycles. The molecule has 2 nitrogen and oxygen atoms in total. The predicted octanol–water partition coefficient (Wildman–Crippen LogP) is 3.84. The van der Waals surface area contributed by atoms with Gasteiger partial charge in [-0.15, -0.1) is 0 Å². The Morgan fingerprint density at radius 1 is 1.32 bits per heavy atom. The van der Waals surface area contributed by atoms with E-state index in [0.717, 1.165) is 27.5 Å². The second-order valence-electron chi connectivity index (χ2n) is 4.25. The summed E-state index contributed by atoms with van der Waals surface area (Å²) in [5, 5.41) is 2.27. The average molecular weight is 250 g/mol. The molecule has 0 aliphatic carbocycles. The number of nitrogens with zero attached hydrogens (tertiary/aromatic N) is 1. The van der Waals surface area contributed by atoms with Gasteiger partial charge in [0.15, 0.2) is 0 Å². The molecule has 2 aromatic rings. The van der Waals surface area contributed by atoms with E-state index in [2.05, 4.69) is 29.8 Å². The van der Waals surface area contributed by atoms with Crippen LogP contribution in [0, 0.1) is 0 Å². The Morgan fingerprint density at radius 3 is 2.84 bits per heavy atom. The van der Waals surface area contributed by atoms with E-state index in [0.29, 0.717) is 6.54 Å². The second kappa shape index (κ2) is 6.12. The first kappa shape index (κ1) is 13.2. The number of benzene rings is 1. The molecular formula is C17H18N2. The summed E-state index contributed by atoms with van der Waals surface area (Å²) in [6, 6.07) is 6.19. The van der Waals surface area contributed by atoms with Crippen LogP contribution in [0.25, 0.3) is 16.3 Å². The topological polar surface area (TPSA) is 38.9 Å². The van der Waals surface area contributed by atoms with Crippen molar-refractivity contribution in [3.63, 3.8) is 0 Å². The van der Waals surface area contributed by atoms with Gasteiger partial charge in [0, 0.05) is 24.3 Å². The minimum absolute atomic E-state index is 0.518. The van der Waals surface area contributed by atoms with Crippen LogP contribution in [0.15, 0.2) is 61.5 Å². The van der Waals surface area contributed by atoms with Gasteiger partial charge in [0.05, 0.1) is 0 Å². The maximum Gasteiger partial charge on any atom is 0.0349 e. The summed E-state index contributed by atoms with van der Waals surface area (Å²) in [5.41, 5.74) is 9.14. The molecule has 0 bridgehead atoms. The largest absolute Gasteiger partial charge is 0.326 e. The zero-order chi connectivity index (χ0) is 13.7. The van der Waals surface area contributed by atoms with Gasteiger partial charge < -0.3 is 5.73 Å². The van der Waals surface area contributed by atoms with Crippen LogP contribution >= 0.6 is 0 Å². The van der Waals surface area contributed by atoms with Crippen LogP contribution in [0.2, 0.25) is 0 Å². The van der Waals surface area contributed by atoms with Gasteiger partial charge in [-0.25, -0.2) is 0 Å². The maximum absolute atomic E-state index is 5.78. The zero-order valence-corrected chi connectivity index (χ0v) is 11.1. The standard InChI is InChI=1S/C17H18N2/c1-3-5-6-13(4-2)15-8-7-14(11-18)17-12-19-10-9-16(15)17/h3-10,12H,2,11,18H2,1H3/b5-3-,13-6+. The monoisotopic (exact) mass is 250 g/mol. The molecule has 1 aromatic carbocycles. The second-order valence-corrected chi connectivity index (χ2v) is 4.25. The minimum atomic E-state index is 0.518. The van der Waals surface area contributed by atoms with Gasteiger partial charge in [-0.1, -0.05) is 43.0 Å². The van der Waals surface area contributed by atoms with Crippen molar-refractivity contribution in [2.75, 3.05) is 0 Å². The fourth-order valence-corrected chi connectivity index (χ4v) is 2.15. The Hall–Kier alpha value is -2.19. The SMILES string of the molecule is C=C/C(=C\C=C/C)c1ccc(CN)c2cnccc12. The molecular weight excluding hydrogens is 232 g/mol. The van der Waals surface area contributed by atoms with E-state index in [-0.39, 0.29) is 0 Å². The number of aromatic nitrogens is 1. The number of allylic oxidation sites excluding steroid dienone is 5. The van der Waals surface area contributed by atoms with Crippen molar-refractivity contribution in [1.29, 1.82) is 0 Å². The molecule has 2 N–H and O–H groups in total. The van der Waals surface area contributed by atoms with Gasteiger partial charge in [0.2, 0.25) is 0 Å². The van der Waals surface area contributed by atoms with Crippen molar-refractivity contribution in [2.45, 2.75) is 13.5 Å². The molecule has 0 fully saturated rings. The fourth-order valence-electron chi connectivity index (χ4n) is 2.15. The van der Waals surface area contributed by atoms with Crippen LogP contribution < -0.4 is 5.73 Å². The van der Waals surface area contributed by atoms with Gasteiger partial charge in [-0.05, 0) is 35.1 Å². The maximum atomic E-state index is 5.78. The lowest BCUT2D eigenvalue weighted by atomic mass is 9.96. The van der Waals surface area contributed by atoms with Crippen LogP contribution in [0.3, 0.4) is 0 Å².